The number of anilines is 1. The van der Waals surface area contributed by atoms with Gasteiger partial charge in [-0.05, 0) is 36.8 Å². The number of benzene rings is 2. The number of rotatable bonds is 5. The lowest BCUT2D eigenvalue weighted by Gasteiger charge is -2.20. The average Bonchev–Trinajstić information content (AvgIpc) is 2.56. The Hall–Kier alpha value is -2.69. The van der Waals surface area contributed by atoms with Gasteiger partial charge < -0.3 is 9.64 Å². The van der Waals surface area contributed by atoms with Crippen molar-refractivity contribution < 1.29 is 9.13 Å². The molecule has 3 rings (SSSR count). The fraction of sp³-hybridized carbons (Fsp3) is 0.222. The van der Waals surface area contributed by atoms with Crippen molar-refractivity contribution in [3.63, 3.8) is 0 Å². The maximum absolute atomic E-state index is 14.2. The van der Waals surface area contributed by atoms with Crippen molar-refractivity contribution in [1.29, 1.82) is 0 Å². The first-order valence-corrected chi connectivity index (χ1v) is 7.51. The van der Waals surface area contributed by atoms with Crippen molar-refractivity contribution in [2.45, 2.75) is 13.5 Å². The van der Waals surface area contributed by atoms with Crippen LogP contribution in [-0.2, 0) is 6.54 Å². The number of ether oxygens (including phenoxy) is 1. The molecule has 0 radical (unpaired) electrons. The second-order valence-electron chi connectivity index (χ2n) is 5.26. The highest BCUT2D eigenvalue weighted by atomic mass is 19.1. The Bertz CT molecular complexity index is 800. The molecule has 2 aromatic carbocycles. The zero-order chi connectivity index (χ0) is 16.2. The predicted molar refractivity (Wildman–Crippen MR) is 89.2 cm³/mol. The van der Waals surface area contributed by atoms with Crippen molar-refractivity contribution >= 4 is 16.7 Å². The minimum Gasteiger partial charge on any atom is -0.494 e. The molecule has 118 valence electrons. The Labute approximate surface area is 134 Å². The van der Waals surface area contributed by atoms with E-state index in [2.05, 4.69) is 9.97 Å². The number of halogens is 1. The lowest BCUT2D eigenvalue weighted by Crippen LogP contribution is -2.18. The fourth-order valence-electron chi connectivity index (χ4n) is 2.55. The molecule has 0 amide bonds. The van der Waals surface area contributed by atoms with Gasteiger partial charge in [-0.3, -0.25) is 0 Å². The number of nitrogens with zero attached hydrogens (tertiary/aromatic N) is 3. The highest BCUT2D eigenvalue weighted by Gasteiger charge is 2.12. The molecule has 0 spiro atoms. The summed E-state index contributed by atoms with van der Waals surface area (Å²) in [4.78, 5) is 10.3. The van der Waals surface area contributed by atoms with Crippen molar-refractivity contribution in [1.82, 2.24) is 9.97 Å². The van der Waals surface area contributed by atoms with Crippen LogP contribution in [0.2, 0.25) is 0 Å². The Morgan fingerprint density at radius 3 is 2.61 bits per heavy atom. The molecule has 0 aliphatic carbocycles. The minimum absolute atomic E-state index is 0.309. The summed E-state index contributed by atoms with van der Waals surface area (Å²) in [5.41, 5.74) is 1.70. The molecule has 1 aromatic heterocycles. The predicted octanol–water partition coefficient (Wildman–Crippen LogP) is 3.80. The topological polar surface area (TPSA) is 38.2 Å². The highest BCUT2D eigenvalue weighted by Crippen LogP contribution is 2.26. The van der Waals surface area contributed by atoms with Gasteiger partial charge in [-0.15, -0.1) is 0 Å². The molecule has 0 fully saturated rings. The van der Waals surface area contributed by atoms with Crippen LogP contribution in [0.15, 0.2) is 48.8 Å². The van der Waals surface area contributed by atoms with E-state index in [0.29, 0.717) is 29.9 Å². The van der Waals surface area contributed by atoms with E-state index >= 15 is 0 Å². The molecular weight excluding hydrogens is 293 g/mol. The van der Waals surface area contributed by atoms with Gasteiger partial charge in [0.1, 0.15) is 23.7 Å². The van der Waals surface area contributed by atoms with E-state index in [0.717, 1.165) is 11.3 Å². The zero-order valence-electron chi connectivity index (χ0n) is 13.2. The Morgan fingerprint density at radius 1 is 1.09 bits per heavy atom. The lowest BCUT2D eigenvalue weighted by atomic mass is 10.2. The van der Waals surface area contributed by atoms with Crippen LogP contribution in [0.4, 0.5) is 10.2 Å². The highest BCUT2D eigenvalue weighted by molar-refractivity contribution is 5.89. The van der Waals surface area contributed by atoms with Crippen molar-refractivity contribution in [3.8, 4) is 5.75 Å². The summed E-state index contributed by atoms with van der Waals surface area (Å²) in [6, 6.07) is 12.7. The molecule has 0 aliphatic heterocycles. The first-order chi connectivity index (χ1) is 11.2. The second kappa shape index (κ2) is 6.60. The van der Waals surface area contributed by atoms with E-state index in [1.807, 2.05) is 43.1 Å². The number of aromatic nitrogens is 2. The number of fused-ring (bicyclic) bond motifs is 1. The fourth-order valence-corrected chi connectivity index (χ4v) is 2.55. The molecule has 0 aliphatic rings. The average molecular weight is 311 g/mol. The third-order valence-electron chi connectivity index (χ3n) is 3.61. The first-order valence-electron chi connectivity index (χ1n) is 7.51. The molecule has 23 heavy (non-hydrogen) atoms. The largest absolute Gasteiger partial charge is 0.494 e. The Kier molecular flexibility index (Phi) is 4.37. The van der Waals surface area contributed by atoms with Crippen molar-refractivity contribution in [2.24, 2.45) is 0 Å². The SMILES string of the molecule is CCOc1ccc(CN(C)c2ncnc3cccc(F)c23)cc1. The van der Waals surface area contributed by atoms with Crippen LogP contribution in [0.1, 0.15) is 12.5 Å². The minimum atomic E-state index is -0.309. The van der Waals surface area contributed by atoms with E-state index in [1.54, 1.807) is 12.1 Å². The van der Waals surface area contributed by atoms with E-state index < -0.39 is 0 Å². The van der Waals surface area contributed by atoms with Crippen LogP contribution in [0, 0.1) is 5.82 Å². The van der Waals surface area contributed by atoms with Gasteiger partial charge in [0.2, 0.25) is 0 Å². The van der Waals surface area contributed by atoms with Gasteiger partial charge in [-0.25, -0.2) is 14.4 Å². The smallest absolute Gasteiger partial charge is 0.142 e. The summed E-state index contributed by atoms with van der Waals surface area (Å²) < 4.78 is 19.6. The van der Waals surface area contributed by atoms with Crippen LogP contribution in [0.5, 0.6) is 5.75 Å². The summed E-state index contributed by atoms with van der Waals surface area (Å²) in [7, 11) is 1.89. The molecule has 0 N–H and O–H groups in total. The van der Waals surface area contributed by atoms with Gasteiger partial charge in [0.05, 0.1) is 17.5 Å². The summed E-state index contributed by atoms with van der Waals surface area (Å²) in [6.45, 7) is 3.22. The van der Waals surface area contributed by atoms with Gasteiger partial charge in [0, 0.05) is 13.6 Å². The normalized spacial score (nSPS) is 10.7. The summed E-state index contributed by atoms with van der Waals surface area (Å²) in [6.07, 6.45) is 1.46. The van der Waals surface area contributed by atoms with E-state index in [9.17, 15) is 4.39 Å². The molecular formula is C18H18FN3O. The van der Waals surface area contributed by atoms with Crippen molar-refractivity contribution in [3.05, 3.63) is 60.2 Å². The molecule has 0 unspecified atom stereocenters. The summed E-state index contributed by atoms with van der Waals surface area (Å²) >= 11 is 0. The Balaban J connectivity index is 1.87. The van der Waals surface area contributed by atoms with E-state index in [1.165, 1.54) is 12.4 Å². The van der Waals surface area contributed by atoms with E-state index in [-0.39, 0.29) is 5.82 Å². The van der Waals surface area contributed by atoms with Gasteiger partial charge in [-0.2, -0.15) is 0 Å². The quantitative estimate of drug-likeness (QED) is 0.718. The lowest BCUT2D eigenvalue weighted by molar-refractivity contribution is 0.340. The van der Waals surface area contributed by atoms with Crippen LogP contribution in [-0.4, -0.2) is 23.6 Å². The molecule has 4 nitrogen and oxygen atoms in total. The molecule has 0 saturated heterocycles. The monoisotopic (exact) mass is 311 g/mol. The Morgan fingerprint density at radius 2 is 1.87 bits per heavy atom. The van der Waals surface area contributed by atoms with Gasteiger partial charge in [-0.1, -0.05) is 18.2 Å². The van der Waals surface area contributed by atoms with Crippen LogP contribution < -0.4 is 9.64 Å². The zero-order valence-corrected chi connectivity index (χ0v) is 13.2. The summed E-state index contributed by atoms with van der Waals surface area (Å²) in [5, 5.41) is 0.448. The van der Waals surface area contributed by atoms with Crippen LogP contribution in [0.3, 0.4) is 0 Å². The second-order valence-corrected chi connectivity index (χ2v) is 5.26. The molecule has 3 aromatic rings. The third kappa shape index (κ3) is 3.23. The van der Waals surface area contributed by atoms with Crippen LogP contribution >= 0.6 is 0 Å². The van der Waals surface area contributed by atoms with E-state index in [4.69, 9.17) is 4.74 Å². The molecule has 0 bridgehead atoms. The maximum atomic E-state index is 14.2. The molecule has 0 atom stereocenters. The maximum Gasteiger partial charge on any atom is 0.142 e. The van der Waals surface area contributed by atoms with Gasteiger partial charge >= 0.3 is 0 Å². The third-order valence-corrected chi connectivity index (χ3v) is 3.61. The molecule has 0 saturated carbocycles. The van der Waals surface area contributed by atoms with Gasteiger partial charge in [0.15, 0.2) is 0 Å². The standard InChI is InChI=1S/C18H18FN3O/c1-3-23-14-9-7-13(8-10-14)11-22(2)18-17-15(19)5-4-6-16(17)20-12-21-18/h4-10,12H,3,11H2,1-2H3. The van der Waals surface area contributed by atoms with Gasteiger partial charge in [0.25, 0.3) is 0 Å². The molecule has 1 heterocycles. The number of hydrogen-bond donors (Lipinski definition) is 0. The molecule has 5 heteroatoms. The first kappa shape index (κ1) is 15.2. The van der Waals surface area contributed by atoms with Crippen LogP contribution in [0.25, 0.3) is 10.9 Å². The summed E-state index contributed by atoms with van der Waals surface area (Å²) in [5.74, 6) is 1.12. The number of hydrogen-bond acceptors (Lipinski definition) is 4. The van der Waals surface area contributed by atoms with Crippen molar-refractivity contribution in [2.75, 3.05) is 18.6 Å².